The maximum atomic E-state index is 5.55. The molecule has 0 unspecified atom stereocenters. The number of halogens is 1. The average Bonchev–Trinajstić information content (AvgIpc) is 2.49. The van der Waals surface area contributed by atoms with E-state index < -0.39 is 0 Å². The van der Waals surface area contributed by atoms with Gasteiger partial charge in [-0.15, -0.1) is 0 Å². The molecule has 0 atom stereocenters. The Morgan fingerprint density at radius 3 is 2.73 bits per heavy atom. The molecule has 0 aliphatic carbocycles. The van der Waals surface area contributed by atoms with Crippen LogP contribution in [-0.2, 0) is 7.05 Å². The van der Waals surface area contributed by atoms with Gasteiger partial charge in [0.05, 0.1) is 5.69 Å². The largest absolute Gasteiger partial charge is 0.421 e. The van der Waals surface area contributed by atoms with Crippen LogP contribution in [0.15, 0.2) is 28.9 Å². The van der Waals surface area contributed by atoms with Crippen molar-refractivity contribution < 1.29 is 4.74 Å². The lowest BCUT2D eigenvalue weighted by Crippen LogP contribution is -1.96. The van der Waals surface area contributed by atoms with Gasteiger partial charge in [-0.2, -0.15) is 5.10 Å². The van der Waals surface area contributed by atoms with Crippen molar-refractivity contribution in [3.05, 3.63) is 34.6 Å². The van der Waals surface area contributed by atoms with Crippen LogP contribution < -0.4 is 4.74 Å². The lowest BCUT2D eigenvalue weighted by atomic mass is 10.5. The van der Waals surface area contributed by atoms with Gasteiger partial charge in [-0.3, -0.25) is 0 Å². The van der Waals surface area contributed by atoms with Gasteiger partial charge in [-0.05, 0) is 28.9 Å². The molecule has 0 aromatic carbocycles. The highest BCUT2D eigenvalue weighted by Crippen LogP contribution is 2.20. The fourth-order valence-electron chi connectivity index (χ4n) is 1.21. The number of nitrogens with zero attached hydrogens (tertiary/aromatic N) is 3. The van der Waals surface area contributed by atoms with Crippen LogP contribution in [0.1, 0.15) is 5.69 Å². The summed E-state index contributed by atoms with van der Waals surface area (Å²) in [5.41, 5.74) is 0.921. The molecule has 0 bridgehead atoms. The monoisotopic (exact) mass is 267 g/mol. The Bertz CT molecular complexity index is 464. The molecule has 0 saturated heterocycles. The molecular formula is C10H10BrN3O. The lowest BCUT2D eigenvalue weighted by molar-refractivity contribution is 0.415. The first kappa shape index (κ1) is 10.2. The van der Waals surface area contributed by atoms with Gasteiger partial charge in [-0.25, -0.2) is 9.67 Å². The van der Waals surface area contributed by atoms with E-state index >= 15 is 0 Å². The molecule has 0 aliphatic heterocycles. The second-order valence-electron chi connectivity index (χ2n) is 3.16. The minimum absolute atomic E-state index is 0.557. The summed E-state index contributed by atoms with van der Waals surface area (Å²) < 4.78 is 8.16. The molecule has 4 nitrogen and oxygen atoms in total. The fourth-order valence-corrected chi connectivity index (χ4v) is 1.45. The molecule has 0 N–H and O–H groups in total. The van der Waals surface area contributed by atoms with Gasteiger partial charge in [0.25, 0.3) is 0 Å². The van der Waals surface area contributed by atoms with Gasteiger partial charge in [0.1, 0.15) is 0 Å². The Labute approximate surface area is 96.0 Å². The summed E-state index contributed by atoms with van der Waals surface area (Å²) >= 11 is 3.31. The first-order valence-electron chi connectivity index (χ1n) is 4.45. The molecule has 0 radical (unpaired) electrons. The van der Waals surface area contributed by atoms with Crippen molar-refractivity contribution in [1.82, 2.24) is 14.8 Å². The van der Waals surface area contributed by atoms with Crippen LogP contribution >= 0.6 is 15.9 Å². The number of rotatable bonds is 2. The summed E-state index contributed by atoms with van der Waals surface area (Å²) in [5.74, 6) is 1.24. The molecule has 0 saturated carbocycles. The quantitative estimate of drug-likeness (QED) is 0.840. The van der Waals surface area contributed by atoms with Crippen LogP contribution in [-0.4, -0.2) is 14.8 Å². The van der Waals surface area contributed by atoms with Crippen LogP contribution in [0.2, 0.25) is 0 Å². The van der Waals surface area contributed by atoms with Crippen molar-refractivity contribution in [2.45, 2.75) is 6.92 Å². The summed E-state index contributed by atoms with van der Waals surface area (Å²) in [7, 11) is 1.83. The number of hydrogen-bond donors (Lipinski definition) is 0. The summed E-state index contributed by atoms with van der Waals surface area (Å²) in [5, 5.41) is 4.18. The topological polar surface area (TPSA) is 39.9 Å². The molecule has 5 heteroatoms. The van der Waals surface area contributed by atoms with Crippen molar-refractivity contribution in [2.24, 2.45) is 7.05 Å². The molecule has 2 rings (SSSR count). The van der Waals surface area contributed by atoms with Gasteiger partial charge >= 0.3 is 0 Å². The van der Waals surface area contributed by atoms with Crippen molar-refractivity contribution in [1.29, 1.82) is 0 Å². The molecule has 0 spiro atoms. The summed E-state index contributed by atoms with van der Waals surface area (Å²) in [4.78, 5) is 4.11. The van der Waals surface area contributed by atoms with E-state index in [1.54, 1.807) is 16.9 Å². The fraction of sp³-hybridized carbons (Fsp3) is 0.200. The number of pyridine rings is 1. The molecule has 0 amide bonds. The highest BCUT2D eigenvalue weighted by Gasteiger charge is 2.04. The Morgan fingerprint density at radius 2 is 2.20 bits per heavy atom. The van der Waals surface area contributed by atoms with E-state index in [0.717, 1.165) is 10.2 Å². The van der Waals surface area contributed by atoms with Gasteiger partial charge < -0.3 is 4.74 Å². The molecular weight excluding hydrogens is 258 g/mol. The molecule has 0 aliphatic rings. The van der Waals surface area contributed by atoms with Crippen molar-refractivity contribution in [3.63, 3.8) is 0 Å². The first-order valence-corrected chi connectivity index (χ1v) is 5.24. The van der Waals surface area contributed by atoms with E-state index in [4.69, 9.17) is 4.74 Å². The zero-order chi connectivity index (χ0) is 10.8. The lowest BCUT2D eigenvalue weighted by Gasteiger charge is -2.03. The van der Waals surface area contributed by atoms with E-state index in [1.165, 1.54) is 0 Å². The standard InChI is InChI=1S/C10H10BrN3O/c1-7-5-10(14(2)13-7)15-9-4-3-8(11)6-12-9/h3-6H,1-2H3. The van der Waals surface area contributed by atoms with E-state index in [1.807, 2.05) is 26.1 Å². The molecule has 2 aromatic rings. The number of ether oxygens (including phenoxy) is 1. The molecule has 78 valence electrons. The van der Waals surface area contributed by atoms with Crippen LogP contribution in [0.25, 0.3) is 0 Å². The predicted octanol–water partition coefficient (Wildman–Crippen LogP) is 2.68. The molecule has 0 fully saturated rings. The zero-order valence-corrected chi connectivity index (χ0v) is 10.0. The third kappa shape index (κ3) is 2.36. The van der Waals surface area contributed by atoms with E-state index in [-0.39, 0.29) is 0 Å². The van der Waals surface area contributed by atoms with Crippen molar-refractivity contribution in [3.8, 4) is 11.8 Å². The molecule has 15 heavy (non-hydrogen) atoms. The first-order chi connectivity index (χ1) is 7.15. The zero-order valence-electron chi connectivity index (χ0n) is 8.44. The third-order valence-electron chi connectivity index (χ3n) is 1.87. The SMILES string of the molecule is Cc1cc(Oc2ccc(Br)cn2)n(C)n1. The smallest absolute Gasteiger partial charge is 0.221 e. The Kier molecular flexibility index (Phi) is 2.73. The Hall–Kier alpha value is -1.36. The van der Waals surface area contributed by atoms with Crippen LogP contribution in [0.3, 0.4) is 0 Å². The van der Waals surface area contributed by atoms with Crippen LogP contribution in [0.5, 0.6) is 11.8 Å². The minimum atomic E-state index is 0.557. The molecule has 2 aromatic heterocycles. The van der Waals surface area contributed by atoms with Crippen molar-refractivity contribution in [2.75, 3.05) is 0 Å². The number of aromatic nitrogens is 3. The highest BCUT2D eigenvalue weighted by atomic mass is 79.9. The van der Waals surface area contributed by atoms with E-state index in [2.05, 4.69) is 26.0 Å². The number of aryl methyl sites for hydroxylation is 2. The Morgan fingerprint density at radius 1 is 1.40 bits per heavy atom. The number of hydrogen-bond acceptors (Lipinski definition) is 3. The van der Waals surface area contributed by atoms with Crippen LogP contribution in [0.4, 0.5) is 0 Å². The Balaban J connectivity index is 2.21. The predicted molar refractivity (Wildman–Crippen MR) is 60.0 cm³/mol. The van der Waals surface area contributed by atoms with E-state index in [0.29, 0.717) is 11.8 Å². The second kappa shape index (κ2) is 4.02. The van der Waals surface area contributed by atoms with Crippen molar-refractivity contribution >= 4 is 15.9 Å². The maximum Gasteiger partial charge on any atom is 0.221 e. The third-order valence-corrected chi connectivity index (χ3v) is 2.34. The summed E-state index contributed by atoms with van der Waals surface area (Å²) in [6.07, 6.45) is 1.69. The highest BCUT2D eigenvalue weighted by molar-refractivity contribution is 9.10. The van der Waals surface area contributed by atoms with E-state index in [9.17, 15) is 0 Å². The summed E-state index contributed by atoms with van der Waals surface area (Å²) in [6, 6.07) is 5.54. The summed E-state index contributed by atoms with van der Waals surface area (Å²) in [6.45, 7) is 1.92. The maximum absolute atomic E-state index is 5.55. The van der Waals surface area contributed by atoms with Crippen LogP contribution in [0, 0.1) is 6.92 Å². The minimum Gasteiger partial charge on any atom is -0.421 e. The van der Waals surface area contributed by atoms with Gasteiger partial charge in [0.15, 0.2) is 0 Å². The molecule has 2 heterocycles. The average molecular weight is 268 g/mol. The van der Waals surface area contributed by atoms with Gasteiger partial charge in [0.2, 0.25) is 11.8 Å². The normalized spacial score (nSPS) is 10.3. The second-order valence-corrected chi connectivity index (χ2v) is 4.08. The van der Waals surface area contributed by atoms with Gasteiger partial charge in [0, 0.05) is 29.8 Å². The van der Waals surface area contributed by atoms with Gasteiger partial charge in [-0.1, -0.05) is 0 Å².